The molecule has 86 valence electrons. The van der Waals surface area contributed by atoms with Gasteiger partial charge in [-0.2, -0.15) is 5.26 Å². The fourth-order valence-electron chi connectivity index (χ4n) is 1.46. The molecule has 0 aliphatic rings. The van der Waals surface area contributed by atoms with Crippen LogP contribution in [0.4, 0.5) is 0 Å². The molecule has 3 nitrogen and oxygen atoms in total. The van der Waals surface area contributed by atoms with Gasteiger partial charge in [0.25, 0.3) is 0 Å². The van der Waals surface area contributed by atoms with Crippen LogP contribution in [0.15, 0.2) is 18.2 Å². The number of hydrogen-bond donors (Lipinski definition) is 1. The van der Waals surface area contributed by atoms with Crippen LogP contribution in [0.1, 0.15) is 37.5 Å². The summed E-state index contributed by atoms with van der Waals surface area (Å²) in [6.45, 7) is 5.54. The van der Waals surface area contributed by atoms with Gasteiger partial charge in [0, 0.05) is 5.56 Å². The van der Waals surface area contributed by atoms with Gasteiger partial charge in [-0.25, -0.2) is 0 Å². The number of hydrogen-bond acceptors (Lipinski definition) is 3. The lowest BCUT2D eigenvalue weighted by Gasteiger charge is -2.16. The van der Waals surface area contributed by atoms with Crippen LogP contribution in [0.5, 0.6) is 5.75 Å². The first-order valence-corrected chi connectivity index (χ1v) is 5.43. The van der Waals surface area contributed by atoms with Gasteiger partial charge in [-0.05, 0) is 32.4 Å². The average Bonchev–Trinajstić information content (AvgIpc) is 2.27. The molecule has 0 aliphatic carbocycles. The second kappa shape index (κ2) is 5.53. The fraction of sp³-hybridized carbons (Fsp3) is 0.462. The van der Waals surface area contributed by atoms with Gasteiger partial charge in [0.05, 0.1) is 6.10 Å². The Balaban J connectivity index is 3.00. The zero-order valence-corrected chi connectivity index (χ0v) is 9.90. The molecule has 0 bridgehead atoms. The lowest BCUT2D eigenvalue weighted by Crippen LogP contribution is -2.14. The molecule has 0 saturated heterocycles. The van der Waals surface area contributed by atoms with Crippen molar-refractivity contribution in [1.82, 2.24) is 0 Å². The highest BCUT2D eigenvalue weighted by Crippen LogP contribution is 2.27. The van der Waals surface area contributed by atoms with E-state index in [0.29, 0.717) is 12.2 Å². The summed E-state index contributed by atoms with van der Waals surface area (Å²) in [4.78, 5) is 0. The van der Waals surface area contributed by atoms with E-state index in [1.54, 1.807) is 13.0 Å². The Morgan fingerprint density at radius 2 is 2.19 bits per heavy atom. The van der Waals surface area contributed by atoms with Crippen LogP contribution in [-0.2, 0) is 0 Å². The van der Waals surface area contributed by atoms with Crippen molar-refractivity contribution in [2.45, 2.75) is 39.4 Å². The predicted molar refractivity (Wildman–Crippen MR) is 62.1 cm³/mol. The van der Waals surface area contributed by atoms with E-state index in [2.05, 4.69) is 6.07 Å². The molecule has 0 fully saturated rings. The van der Waals surface area contributed by atoms with E-state index >= 15 is 0 Å². The number of nitriles is 1. The summed E-state index contributed by atoms with van der Waals surface area (Å²) >= 11 is 0. The maximum Gasteiger partial charge on any atom is 0.184 e. The van der Waals surface area contributed by atoms with E-state index in [0.717, 1.165) is 11.1 Å². The van der Waals surface area contributed by atoms with Gasteiger partial charge in [-0.15, -0.1) is 0 Å². The highest BCUT2D eigenvalue weighted by atomic mass is 16.5. The van der Waals surface area contributed by atoms with Crippen LogP contribution in [-0.4, -0.2) is 11.2 Å². The Bertz CT molecular complexity index is 393. The minimum atomic E-state index is -0.592. The predicted octanol–water partition coefficient (Wildman–Crippen LogP) is 2.73. The third-order valence-corrected chi connectivity index (χ3v) is 2.40. The normalized spacial score (nSPS) is 13.9. The van der Waals surface area contributed by atoms with Gasteiger partial charge in [0.15, 0.2) is 6.10 Å². The molecule has 1 rings (SSSR count). The van der Waals surface area contributed by atoms with Gasteiger partial charge in [0.2, 0.25) is 0 Å². The molecule has 0 radical (unpaired) electrons. The summed E-state index contributed by atoms with van der Waals surface area (Å²) in [5, 5.41) is 18.5. The maximum absolute atomic E-state index is 9.62. The third kappa shape index (κ3) is 2.98. The van der Waals surface area contributed by atoms with E-state index in [9.17, 15) is 5.11 Å². The summed E-state index contributed by atoms with van der Waals surface area (Å²) in [7, 11) is 0. The molecule has 0 amide bonds. The molecule has 0 aromatic heterocycles. The molecule has 16 heavy (non-hydrogen) atoms. The van der Waals surface area contributed by atoms with Crippen molar-refractivity contribution < 1.29 is 9.84 Å². The van der Waals surface area contributed by atoms with Gasteiger partial charge >= 0.3 is 0 Å². The second-order valence-electron chi connectivity index (χ2n) is 3.86. The number of aliphatic hydroxyl groups excluding tert-OH is 1. The molecule has 0 saturated carbocycles. The van der Waals surface area contributed by atoms with Crippen molar-refractivity contribution in [2.24, 2.45) is 0 Å². The Morgan fingerprint density at radius 1 is 1.50 bits per heavy atom. The third-order valence-electron chi connectivity index (χ3n) is 2.40. The second-order valence-corrected chi connectivity index (χ2v) is 3.86. The number of rotatable bonds is 4. The highest BCUT2D eigenvalue weighted by molar-refractivity contribution is 5.38. The standard InChI is InChI=1S/C13H17NO2/c1-4-11(8-14)16-13-6-5-9(2)7-12(13)10(3)15/h5-7,10-11,15H,4H2,1-3H3. The summed E-state index contributed by atoms with van der Waals surface area (Å²) in [5.74, 6) is 0.592. The molecule has 0 spiro atoms. The molecule has 1 aromatic rings. The SMILES string of the molecule is CCC(C#N)Oc1ccc(C)cc1C(C)O. The van der Waals surface area contributed by atoms with Gasteiger partial charge in [-0.3, -0.25) is 0 Å². The summed E-state index contributed by atoms with van der Waals surface area (Å²) < 4.78 is 5.54. The molecular weight excluding hydrogens is 202 g/mol. The van der Waals surface area contributed by atoms with Crippen molar-refractivity contribution in [3.8, 4) is 11.8 Å². The average molecular weight is 219 g/mol. The van der Waals surface area contributed by atoms with Crippen LogP contribution >= 0.6 is 0 Å². The molecular formula is C13H17NO2. The van der Waals surface area contributed by atoms with Crippen LogP contribution in [0.25, 0.3) is 0 Å². The van der Waals surface area contributed by atoms with Crippen molar-refractivity contribution >= 4 is 0 Å². The summed E-state index contributed by atoms with van der Waals surface area (Å²) in [6.07, 6.45) is -0.421. The first kappa shape index (κ1) is 12.5. The summed E-state index contributed by atoms with van der Waals surface area (Å²) in [6, 6.07) is 7.67. The quantitative estimate of drug-likeness (QED) is 0.847. The fourth-order valence-corrected chi connectivity index (χ4v) is 1.46. The van der Waals surface area contributed by atoms with E-state index in [4.69, 9.17) is 10.00 Å². The number of nitrogens with zero attached hydrogens (tertiary/aromatic N) is 1. The molecule has 3 heteroatoms. The largest absolute Gasteiger partial charge is 0.475 e. The topological polar surface area (TPSA) is 53.2 Å². The Kier molecular flexibility index (Phi) is 4.33. The van der Waals surface area contributed by atoms with Gasteiger partial charge in [0.1, 0.15) is 11.8 Å². The molecule has 1 aromatic carbocycles. The van der Waals surface area contributed by atoms with Gasteiger partial charge < -0.3 is 9.84 Å². The lowest BCUT2D eigenvalue weighted by molar-refractivity contribution is 0.184. The van der Waals surface area contributed by atoms with Crippen LogP contribution < -0.4 is 4.74 Å². The molecule has 0 heterocycles. The van der Waals surface area contributed by atoms with E-state index in [1.807, 2.05) is 26.0 Å². The minimum absolute atomic E-state index is 0.458. The van der Waals surface area contributed by atoms with Crippen molar-refractivity contribution in [3.05, 3.63) is 29.3 Å². The van der Waals surface area contributed by atoms with E-state index in [-0.39, 0.29) is 0 Å². The molecule has 2 atom stereocenters. The number of aryl methyl sites for hydroxylation is 1. The van der Waals surface area contributed by atoms with Crippen LogP contribution in [0.3, 0.4) is 0 Å². The van der Waals surface area contributed by atoms with Crippen molar-refractivity contribution in [3.63, 3.8) is 0 Å². The first-order chi connectivity index (χ1) is 7.58. The highest BCUT2D eigenvalue weighted by Gasteiger charge is 2.13. The maximum atomic E-state index is 9.62. The number of aliphatic hydroxyl groups is 1. The van der Waals surface area contributed by atoms with Crippen LogP contribution in [0.2, 0.25) is 0 Å². The minimum Gasteiger partial charge on any atom is -0.475 e. The Hall–Kier alpha value is -1.53. The number of benzene rings is 1. The first-order valence-electron chi connectivity index (χ1n) is 5.43. The zero-order chi connectivity index (χ0) is 12.1. The molecule has 2 unspecified atom stereocenters. The molecule has 0 aliphatic heterocycles. The number of ether oxygens (including phenoxy) is 1. The van der Waals surface area contributed by atoms with E-state index < -0.39 is 12.2 Å². The van der Waals surface area contributed by atoms with Crippen molar-refractivity contribution in [1.29, 1.82) is 5.26 Å². The smallest absolute Gasteiger partial charge is 0.184 e. The van der Waals surface area contributed by atoms with Gasteiger partial charge in [-0.1, -0.05) is 18.6 Å². The van der Waals surface area contributed by atoms with Crippen molar-refractivity contribution in [2.75, 3.05) is 0 Å². The Labute approximate surface area is 96.3 Å². The lowest BCUT2D eigenvalue weighted by atomic mass is 10.1. The van der Waals surface area contributed by atoms with E-state index in [1.165, 1.54) is 0 Å². The molecule has 1 N–H and O–H groups in total. The Morgan fingerprint density at radius 3 is 2.69 bits per heavy atom. The monoisotopic (exact) mass is 219 g/mol. The summed E-state index contributed by atoms with van der Waals surface area (Å²) in [5.41, 5.74) is 1.79. The van der Waals surface area contributed by atoms with Crippen LogP contribution in [0, 0.1) is 18.3 Å². The zero-order valence-electron chi connectivity index (χ0n) is 9.90.